The molecule has 0 N–H and O–H groups in total. The van der Waals surface area contributed by atoms with E-state index in [0.29, 0.717) is 5.56 Å². The molecule has 0 bridgehead atoms. The molecule has 15 heavy (non-hydrogen) atoms. The minimum absolute atomic E-state index is 0.0322. The van der Waals surface area contributed by atoms with Gasteiger partial charge in [-0.15, -0.1) is 0 Å². The van der Waals surface area contributed by atoms with Crippen LogP contribution in [0.5, 0.6) is 0 Å². The second-order valence-electron chi connectivity index (χ2n) is 3.43. The number of hydrogen-bond acceptors (Lipinski definition) is 2. The van der Waals surface area contributed by atoms with Gasteiger partial charge in [0.2, 0.25) is 0 Å². The third-order valence-corrected chi connectivity index (χ3v) is 3.16. The predicted octanol–water partition coefficient (Wildman–Crippen LogP) is 3.62. The zero-order valence-electron chi connectivity index (χ0n) is 8.41. The van der Waals surface area contributed by atoms with E-state index in [1.165, 1.54) is 12.1 Å². The molecule has 0 fully saturated rings. The van der Waals surface area contributed by atoms with Gasteiger partial charge in [-0.3, -0.25) is 10.1 Å². The van der Waals surface area contributed by atoms with Gasteiger partial charge in [0.25, 0.3) is 5.69 Å². The summed E-state index contributed by atoms with van der Waals surface area (Å²) in [5.74, 6) is -0.559. The number of nitro groups is 1. The third kappa shape index (κ3) is 2.75. The molecule has 1 aromatic rings. The van der Waals surface area contributed by atoms with Crippen LogP contribution in [0, 0.1) is 15.9 Å². The van der Waals surface area contributed by atoms with Gasteiger partial charge in [0.15, 0.2) is 0 Å². The Morgan fingerprint density at radius 3 is 2.53 bits per heavy atom. The van der Waals surface area contributed by atoms with Crippen LogP contribution >= 0.6 is 15.9 Å². The fraction of sp³-hybridized carbons (Fsp3) is 0.400. The SMILES string of the molecule is CC(Br)C(C)c1cc(F)ccc1[N+](=O)[O-]. The van der Waals surface area contributed by atoms with Crippen molar-refractivity contribution in [2.45, 2.75) is 24.6 Å². The Labute approximate surface area is 95.6 Å². The van der Waals surface area contributed by atoms with Crippen LogP contribution in [-0.4, -0.2) is 9.75 Å². The first-order valence-electron chi connectivity index (χ1n) is 4.51. The summed E-state index contributed by atoms with van der Waals surface area (Å²) in [6.45, 7) is 3.69. The number of nitrogens with zero attached hydrogens (tertiary/aromatic N) is 1. The number of rotatable bonds is 3. The van der Waals surface area contributed by atoms with Gasteiger partial charge >= 0.3 is 0 Å². The van der Waals surface area contributed by atoms with E-state index in [1.807, 2.05) is 13.8 Å². The van der Waals surface area contributed by atoms with E-state index in [4.69, 9.17) is 0 Å². The Morgan fingerprint density at radius 2 is 2.07 bits per heavy atom. The van der Waals surface area contributed by atoms with Gasteiger partial charge in [-0.2, -0.15) is 0 Å². The minimum Gasteiger partial charge on any atom is -0.258 e. The molecule has 2 atom stereocenters. The topological polar surface area (TPSA) is 43.1 Å². The van der Waals surface area contributed by atoms with Gasteiger partial charge in [0, 0.05) is 22.4 Å². The van der Waals surface area contributed by atoms with Gasteiger partial charge in [0.1, 0.15) is 5.82 Å². The van der Waals surface area contributed by atoms with Crippen LogP contribution in [0.3, 0.4) is 0 Å². The van der Waals surface area contributed by atoms with Crippen LogP contribution in [0.4, 0.5) is 10.1 Å². The molecule has 1 aromatic carbocycles. The van der Waals surface area contributed by atoms with E-state index in [0.717, 1.165) is 6.07 Å². The van der Waals surface area contributed by atoms with Crippen LogP contribution in [-0.2, 0) is 0 Å². The minimum atomic E-state index is -0.485. The Hall–Kier alpha value is -0.970. The van der Waals surface area contributed by atoms with Crippen molar-refractivity contribution in [2.24, 2.45) is 0 Å². The van der Waals surface area contributed by atoms with Gasteiger partial charge in [-0.05, 0) is 12.1 Å². The summed E-state index contributed by atoms with van der Waals surface area (Å²) < 4.78 is 13.0. The van der Waals surface area contributed by atoms with Crippen LogP contribution < -0.4 is 0 Å². The Kier molecular flexibility index (Phi) is 3.79. The van der Waals surface area contributed by atoms with E-state index < -0.39 is 10.7 Å². The van der Waals surface area contributed by atoms with E-state index >= 15 is 0 Å². The van der Waals surface area contributed by atoms with Crippen molar-refractivity contribution < 1.29 is 9.31 Å². The average Bonchev–Trinajstić information content (AvgIpc) is 2.15. The Morgan fingerprint density at radius 1 is 1.47 bits per heavy atom. The van der Waals surface area contributed by atoms with Crippen molar-refractivity contribution in [1.82, 2.24) is 0 Å². The molecular weight excluding hydrogens is 265 g/mol. The van der Waals surface area contributed by atoms with Gasteiger partial charge in [-0.25, -0.2) is 4.39 Å². The summed E-state index contributed by atoms with van der Waals surface area (Å²) in [7, 11) is 0. The summed E-state index contributed by atoms with van der Waals surface area (Å²) in [6.07, 6.45) is 0. The highest BCUT2D eigenvalue weighted by Gasteiger charge is 2.22. The predicted molar refractivity (Wildman–Crippen MR) is 59.9 cm³/mol. The molecule has 2 unspecified atom stereocenters. The smallest absolute Gasteiger partial charge is 0.258 e. The molecule has 3 nitrogen and oxygen atoms in total. The van der Waals surface area contributed by atoms with Crippen LogP contribution in [0.15, 0.2) is 18.2 Å². The molecule has 82 valence electrons. The zero-order valence-corrected chi connectivity index (χ0v) is 9.99. The normalized spacial score (nSPS) is 14.7. The third-order valence-electron chi connectivity index (χ3n) is 2.37. The summed E-state index contributed by atoms with van der Waals surface area (Å²) in [6, 6.07) is 3.53. The average molecular weight is 276 g/mol. The maximum absolute atomic E-state index is 13.0. The van der Waals surface area contributed by atoms with Crippen LogP contribution in [0.25, 0.3) is 0 Å². The number of hydrogen-bond donors (Lipinski definition) is 0. The molecule has 0 saturated carbocycles. The molecule has 0 saturated heterocycles. The van der Waals surface area contributed by atoms with Crippen molar-refractivity contribution in [3.63, 3.8) is 0 Å². The molecule has 1 rings (SSSR count). The number of alkyl halides is 1. The van der Waals surface area contributed by atoms with E-state index in [9.17, 15) is 14.5 Å². The maximum Gasteiger partial charge on any atom is 0.273 e. The number of nitro benzene ring substituents is 1. The van der Waals surface area contributed by atoms with Gasteiger partial charge < -0.3 is 0 Å². The standard InChI is InChI=1S/C10H11BrFNO2/c1-6(7(2)11)9-5-8(12)3-4-10(9)13(14)15/h3-7H,1-2H3. The molecular formula is C10H11BrFNO2. The Bertz CT molecular complexity index is 382. The first-order chi connectivity index (χ1) is 6.93. The fourth-order valence-electron chi connectivity index (χ4n) is 1.30. The van der Waals surface area contributed by atoms with Crippen LogP contribution in [0.2, 0.25) is 0 Å². The second-order valence-corrected chi connectivity index (χ2v) is 4.87. The quantitative estimate of drug-likeness (QED) is 0.480. The monoisotopic (exact) mass is 275 g/mol. The summed E-state index contributed by atoms with van der Waals surface area (Å²) >= 11 is 3.34. The van der Waals surface area contributed by atoms with E-state index in [1.54, 1.807) is 0 Å². The highest BCUT2D eigenvalue weighted by Crippen LogP contribution is 2.31. The molecule has 5 heteroatoms. The number of halogens is 2. The molecule has 0 aliphatic rings. The van der Waals surface area contributed by atoms with Crippen molar-refractivity contribution in [1.29, 1.82) is 0 Å². The second kappa shape index (κ2) is 4.70. The molecule has 0 spiro atoms. The van der Waals surface area contributed by atoms with Crippen molar-refractivity contribution in [3.8, 4) is 0 Å². The van der Waals surface area contributed by atoms with Crippen LogP contribution in [0.1, 0.15) is 25.3 Å². The van der Waals surface area contributed by atoms with Crippen molar-refractivity contribution >= 4 is 21.6 Å². The lowest BCUT2D eigenvalue weighted by Gasteiger charge is -2.14. The molecule has 0 aliphatic heterocycles. The van der Waals surface area contributed by atoms with Gasteiger partial charge in [-0.1, -0.05) is 29.8 Å². The molecule has 0 aromatic heterocycles. The molecule has 0 amide bonds. The molecule has 0 aliphatic carbocycles. The molecule has 0 heterocycles. The molecule has 0 radical (unpaired) electrons. The van der Waals surface area contributed by atoms with Gasteiger partial charge in [0.05, 0.1) is 4.92 Å². The highest BCUT2D eigenvalue weighted by molar-refractivity contribution is 9.09. The van der Waals surface area contributed by atoms with Crippen molar-refractivity contribution in [3.05, 3.63) is 39.7 Å². The first kappa shape index (κ1) is 12.1. The fourth-order valence-corrected chi connectivity index (χ4v) is 1.59. The summed E-state index contributed by atoms with van der Waals surface area (Å²) in [5, 5.41) is 10.7. The van der Waals surface area contributed by atoms with Crippen molar-refractivity contribution in [2.75, 3.05) is 0 Å². The lowest BCUT2D eigenvalue weighted by molar-refractivity contribution is -0.385. The summed E-state index contributed by atoms with van der Waals surface area (Å²) in [4.78, 5) is 10.3. The van der Waals surface area contributed by atoms with E-state index in [-0.39, 0.29) is 16.4 Å². The Balaban J connectivity index is 3.24. The summed E-state index contributed by atoms with van der Waals surface area (Å²) in [5.41, 5.74) is 0.388. The maximum atomic E-state index is 13.0. The number of benzene rings is 1. The van der Waals surface area contributed by atoms with E-state index in [2.05, 4.69) is 15.9 Å². The largest absolute Gasteiger partial charge is 0.273 e. The first-order valence-corrected chi connectivity index (χ1v) is 5.43. The highest BCUT2D eigenvalue weighted by atomic mass is 79.9. The lowest BCUT2D eigenvalue weighted by Crippen LogP contribution is -2.07. The zero-order chi connectivity index (χ0) is 11.6. The lowest BCUT2D eigenvalue weighted by atomic mass is 9.97.